The Kier molecular flexibility index (Phi) is 4.25. The molecule has 0 aliphatic rings. The van der Waals surface area contributed by atoms with E-state index >= 15 is 0 Å². The highest BCUT2D eigenvalue weighted by atomic mass is 32.2. The number of thiophene rings is 1. The number of nitrogens with one attached hydrogen (secondary N) is 2. The molecule has 0 saturated heterocycles. The molecule has 0 spiro atoms. The van der Waals surface area contributed by atoms with E-state index < -0.39 is 10.0 Å². The maximum Gasteiger partial charge on any atom is 0.261 e. The first-order chi connectivity index (χ1) is 6.99. The minimum atomic E-state index is -3.17. The smallest absolute Gasteiger partial charge is 0.261 e. The van der Waals surface area contributed by atoms with E-state index in [9.17, 15) is 13.2 Å². The summed E-state index contributed by atoms with van der Waals surface area (Å²) >= 11 is 1.34. The summed E-state index contributed by atoms with van der Waals surface area (Å²) in [7, 11) is -3.17. The van der Waals surface area contributed by atoms with Gasteiger partial charge < -0.3 is 5.32 Å². The van der Waals surface area contributed by atoms with E-state index in [4.69, 9.17) is 0 Å². The molecule has 0 bridgehead atoms. The molecule has 1 aromatic rings. The fraction of sp³-hybridized carbons (Fsp3) is 0.375. The number of hydrogen-bond donors (Lipinski definition) is 2. The number of carbonyl (C=O) groups is 1. The van der Waals surface area contributed by atoms with Crippen molar-refractivity contribution in [2.75, 3.05) is 19.3 Å². The predicted octanol–water partition coefficient (Wildman–Crippen LogP) is 0.0271. The van der Waals surface area contributed by atoms with E-state index in [1.165, 1.54) is 11.3 Å². The summed E-state index contributed by atoms with van der Waals surface area (Å²) in [6.45, 7) is 0.486. The van der Waals surface area contributed by atoms with Gasteiger partial charge in [0.15, 0.2) is 0 Å². The maximum atomic E-state index is 11.4. The minimum Gasteiger partial charge on any atom is -0.350 e. The molecule has 0 saturated carbocycles. The Morgan fingerprint density at radius 3 is 2.73 bits per heavy atom. The summed E-state index contributed by atoms with van der Waals surface area (Å²) in [5, 5.41) is 4.41. The van der Waals surface area contributed by atoms with Gasteiger partial charge in [0.05, 0.1) is 11.1 Å². The van der Waals surface area contributed by atoms with Gasteiger partial charge in [-0.25, -0.2) is 13.1 Å². The van der Waals surface area contributed by atoms with E-state index in [1.807, 2.05) is 5.38 Å². The summed E-state index contributed by atoms with van der Waals surface area (Å²) in [6, 6.07) is 3.50. The standard InChI is InChI=1S/C8H12N2O3S2/c1-15(12,13)10-5-4-9-8(11)7-3-2-6-14-7/h2-3,6,10H,4-5H2,1H3,(H,9,11). The second-order valence-corrected chi connectivity index (χ2v) is 5.68. The minimum absolute atomic E-state index is 0.180. The summed E-state index contributed by atoms with van der Waals surface area (Å²) in [6.07, 6.45) is 1.08. The Bertz CT molecular complexity index is 411. The van der Waals surface area contributed by atoms with Crippen LogP contribution >= 0.6 is 11.3 Å². The molecule has 0 aliphatic heterocycles. The maximum absolute atomic E-state index is 11.4. The van der Waals surface area contributed by atoms with Crippen molar-refractivity contribution < 1.29 is 13.2 Å². The Balaban J connectivity index is 2.24. The van der Waals surface area contributed by atoms with Crippen LogP contribution in [0.3, 0.4) is 0 Å². The lowest BCUT2D eigenvalue weighted by Crippen LogP contribution is -2.33. The molecular weight excluding hydrogens is 236 g/mol. The topological polar surface area (TPSA) is 75.3 Å². The van der Waals surface area contributed by atoms with Crippen molar-refractivity contribution in [2.45, 2.75) is 0 Å². The molecule has 15 heavy (non-hydrogen) atoms. The van der Waals surface area contributed by atoms with Crippen molar-refractivity contribution in [3.05, 3.63) is 22.4 Å². The Morgan fingerprint density at radius 2 is 2.20 bits per heavy atom. The van der Waals surface area contributed by atoms with Crippen molar-refractivity contribution in [1.82, 2.24) is 10.0 Å². The molecular formula is C8H12N2O3S2. The molecule has 1 rings (SSSR count). The molecule has 7 heteroatoms. The third-order valence-electron chi connectivity index (χ3n) is 1.52. The summed E-state index contributed by atoms with van der Waals surface area (Å²) in [5.74, 6) is -0.180. The first-order valence-corrected chi connectivity index (χ1v) is 7.02. The van der Waals surface area contributed by atoms with E-state index in [0.717, 1.165) is 6.26 Å². The lowest BCUT2D eigenvalue weighted by Gasteiger charge is -2.03. The van der Waals surface area contributed by atoms with Gasteiger partial charge in [0.1, 0.15) is 0 Å². The van der Waals surface area contributed by atoms with Crippen LogP contribution in [0.1, 0.15) is 9.67 Å². The van der Waals surface area contributed by atoms with Crippen LogP contribution in [-0.4, -0.2) is 33.7 Å². The molecule has 1 amide bonds. The zero-order valence-electron chi connectivity index (χ0n) is 8.19. The zero-order valence-corrected chi connectivity index (χ0v) is 9.82. The van der Waals surface area contributed by atoms with E-state index in [0.29, 0.717) is 4.88 Å². The van der Waals surface area contributed by atoms with Crippen LogP contribution < -0.4 is 10.0 Å². The fourth-order valence-corrected chi connectivity index (χ4v) is 2.02. The molecule has 1 aromatic heterocycles. The molecule has 0 unspecified atom stereocenters. The van der Waals surface area contributed by atoms with Crippen molar-refractivity contribution >= 4 is 27.3 Å². The predicted molar refractivity (Wildman–Crippen MR) is 59.5 cm³/mol. The molecule has 2 N–H and O–H groups in total. The highest BCUT2D eigenvalue weighted by Gasteiger charge is 2.05. The summed E-state index contributed by atoms with van der Waals surface area (Å²) in [4.78, 5) is 12.0. The molecule has 5 nitrogen and oxygen atoms in total. The normalized spacial score (nSPS) is 11.3. The van der Waals surface area contributed by atoms with Crippen LogP contribution in [0.5, 0.6) is 0 Å². The number of carbonyl (C=O) groups excluding carboxylic acids is 1. The zero-order chi connectivity index (χ0) is 11.3. The van der Waals surface area contributed by atoms with E-state index in [2.05, 4.69) is 10.0 Å². The first kappa shape index (κ1) is 12.2. The van der Waals surface area contributed by atoms with Crippen LogP contribution in [0.15, 0.2) is 17.5 Å². The van der Waals surface area contributed by atoms with Crippen LogP contribution in [0.25, 0.3) is 0 Å². The number of amides is 1. The lowest BCUT2D eigenvalue weighted by molar-refractivity contribution is 0.0958. The number of hydrogen-bond acceptors (Lipinski definition) is 4. The average Bonchev–Trinajstić information content (AvgIpc) is 2.63. The van der Waals surface area contributed by atoms with Crippen LogP contribution in [0.2, 0.25) is 0 Å². The van der Waals surface area contributed by atoms with E-state index in [1.54, 1.807) is 12.1 Å². The Labute approximate surface area is 92.6 Å². The van der Waals surface area contributed by atoms with Crippen molar-refractivity contribution in [3.63, 3.8) is 0 Å². The van der Waals surface area contributed by atoms with Gasteiger partial charge in [-0.3, -0.25) is 4.79 Å². The highest BCUT2D eigenvalue weighted by molar-refractivity contribution is 7.88. The Hall–Kier alpha value is -0.920. The molecule has 0 aliphatic carbocycles. The first-order valence-electron chi connectivity index (χ1n) is 4.25. The van der Waals surface area contributed by atoms with Gasteiger partial charge in [-0.05, 0) is 11.4 Å². The SMILES string of the molecule is CS(=O)(=O)NCCNC(=O)c1cccs1. The van der Waals surface area contributed by atoms with Gasteiger partial charge in [0.25, 0.3) is 5.91 Å². The molecule has 0 fully saturated rings. The average molecular weight is 248 g/mol. The van der Waals surface area contributed by atoms with Crippen LogP contribution in [0, 0.1) is 0 Å². The third kappa shape index (κ3) is 4.91. The van der Waals surface area contributed by atoms with Gasteiger partial charge in [-0.2, -0.15) is 0 Å². The van der Waals surface area contributed by atoms with Gasteiger partial charge in [-0.15, -0.1) is 11.3 Å². The van der Waals surface area contributed by atoms with Crippen molar-refractivity contribution in [2.24, 2.45) is 0 Å². The molecule has 0 radical (unpaired) electrons. The largest absolute Gasteiger partial charge is 0.350 e. The van der Waals surface area contributed by atoms with Gasteiger partial charge in [0.2, 0.25) is 10.0 Å². The third-order valence-corrected chi connectivity index (χ3v) is 3.12. The van der Waals surface area contributed by atoms with Crippen molar-refractivity contribution in [3.8, 4) is 0 Å². The molecule has 0 aromatic carbocycles. The number of sulfonamides is 1. The Morgan fingerprint density at radius 1 is 1.47 bits per heavy atom. The monoisotopic (exact) mass is 248 g/mol. The van der Waals surface area contributed by atoms with Crippen molar-refractivity contribution in [1.29, 1.82) is 0 Å². The van der Waals surface area contributed by atoms with Crippen LogP contribution in [0.4, 0.5) is 0 Å². The summed E-state index contributed by atoms with van der Waals surface area (Å²) in [5.41, 5.74) is 0. The lowest BCUT2D eigenvalue weighted by atomic mass is 10.4. The molecule has 1 heterocycles. The fourth-order valence-electron chi connectivity index (χ4n) is 0.907. The van der Waals surface area contributed by atoms with Gasteiger partial charge >= 0.3 is 0 Å². The number of rotatable bonds is 5. The van der Waals surface area contributed by atoms with Gasteiger partial charge in [0, 0.05) is 13.1 Å². The second-order valence-electron chi connectivity index (χ2n) is 2.90. The highest BCUT2D eigenvalue weighted by Crippen LogP contribution is 2.07. The van der Waals surface area contributed by atoms with Gasteiger partial charge in [-0.1, -0.05) is 6.07 Å². The summed E-state index contributed by atoms with van der Waals surface area (Å²) < 4.78 is 23.6. The second kappa shape index (κ2) is 5.24. The molecule has 84 valence electrons. The van der Waals surface area contributed by atoms with E-state index in [-0.39, 0.29) is 19.0 Å². The molecule has 0 atom stereocenters. The van der Waals surface area contributed by atoms with Crippen LogP contribution in [-0.2, 0) is 10.0 Å². The quantitative estimate of drug-likeness (QED) is 0.722.